The van der Waals surface area contributed by atoms with Crippen LogP contribution in [0.15, 0.2) is 82.5 Å². The number of nitrogens with one attached hydrogen (secondary N) is 3. The molecule has 6 heterocycles. The monoisotopic (exact) mass is 807 g/mol. The van der Waals surface area contributed by atoms with Gasteiger partial charge in [0.05, 0.1) is 18.6 Å². The molecule has 3 fully saturated rings. The van der Waals surface area contributed by atoms with Gasteiger partial charge in [-0.05, 0) is 97.3 Å². The molecule has 4 aliphatic heterocycles. The van der Waals surface area contributed by atoms with Crippen LogP contribution in [0, 0.1) is 5.92 Å². The Morgan fingerprint density at radius 2 is 1.84 bits per heavy atom. The highest BCUT2D eigenvalue weighted by Crippen LogP contribution is 2.36. The van der Waals surface area contributed by atoms with Crippen molar-refractivity contribution in [3.05, 3.63) is 89.7 Å². The lowest BCUT2D eigenvalue weighted by Crippen LogP contribution is -2.52. The standard InChI is InChI=1S/C41H45N9O7S/c1-56-35-18-27(24-49-14-3-13-42-49)19-36-38(35)39(45-57-36)46-58(54,55)32-5-2-4-30(21-32)43-29-11-15-47(16-12-29)22-26-10-17-48(23-26)31-6-7-33-28(20-31)25-50(41(33)53)34-8-9-37(51)44-40(34)52/h2-7,13-14,18-21,26,29,34,43H,8-12,15-17,22-25H2,1H3,(H,45,46)(H,44,51,52). The van der Waals surface area contributed by atoms with Gasteiger partial charge in [-0.15, -0.1) is 0 Å². The van der Waals surface area contributed by atoms with Crippen molar-refractivity contribution in [2.24, 2.45) is 5.92 Å². The molecule has 2 atom stereocenters. The minimum absolute atomic E-state index is 0.0516. The molecule has 17 heteroatoms. The number of sulfonamides is 1. The zero-order valence-corrected chi connectivity index (χ0v) is 32.9. The van der Waals surface area contributed by atoms with Crippen LogP contribution < -0.4 is 25.0 Å². The van der Waals surface area contributed by atoms with Gasteiger partial charge in [-0.3, -0.25) is 29.1 Å². The Bertz CT molecular complexity index is 2480. The molecule has 2 unspecified atom stereocenters. The molecule has 16 nitrogen and oxygen atoms in total. The molecule has 0 spiro atoms. The number of imide groups is 1. The Kier molecular flexibility index (Phi) is 10.0. The van der Waals surface area contributed by atoms with Gasteiger partial charge in [0.2, 0.25) is 11.8 Å². The summed E-state index contributed by atoms with van der Waals surface area (Å²) in [6.45, 7) is 5.61. The van der Waals surface area contributed by atoms with Gasteiger partial charge in [0.15, 0.2) is 11.4 Å². The number of nitrogens with zero attached hydrogens (tertiary/aromatic N) is 6. The van der Waals surface area contributed by atoms with Crippen LogP contribution in [0.2, 0.25) is 0 Å². The minimum Gasteiger partial charge on any atom is -0.496 e. The predicted octanol–water partition coefficient (Wildman–Crippen LogP) is 4.05. The molecule has 58 heavy (non-hydrogen) atoms. The van der Waals surface area contributed by atoms with Gasteiger partial charge in [0.1, 0.15) is 17.2 Å². The van der Waals surface area contributed by atoms with Gasteiger partial charge in [0, 0.05) is 81.1 Å². The van der Waals surface area contributed by atoms with Crippen LogP contribution in [0.3, 0.4) is 0 Å². The number of aromatic nitrogens is 3. The molecule has 0 saturated carbocycles. The molecule has 3 amide bonds. The fraction of sp³-hybridized carbons (Fsp3) is 0.390. The van der Waals surface area contributed by atoms with Crippen LogP contribution in [0.4, 0.5) is 17.2 Å². The van der Waals surface area contributed by atoms with Crippen LogP contribution in [-0.4, -0.2) is 103 Å². The van der Waals surface area contributed by atoms with Crippen LogP contribution in [0.1, 0.15) is 53.6 Å². The van der Waals surface area contributed by atoms with Crippen molar-refractivity contribution in [3.63, 3.8) is 0 Å². The SMILES string of the molecule is COc1cc(Cn2cccn2)cc2onc(NS(=O)(=O)c3cccc(NC4CCN(CC5CCN(c6ccc7c(c6)CN(C6CCC(=O)NC6=O)C7=O)C5)CC4)c3)c12. The second-order valence-electron chi connectivity index (χ2n) is 15.6. The number of methoxy groups -OCH3 is 1. The average Bonchev–Trinajstić information content (AvgIpc) is 4.04. The summed E-state index contributed by atoms with van der Waals surface area (Å²) >= 11 is 0. The molecule has 302 valence electrons. The third-order valence-electron chi connectivity index (χ3n) is 11.7. The summed E-state index contributed by atoms with van der Waals surface area (Å²) in [5.74, 6) is 0.158. The van der Waals surface area contributed by atoms with Crippen LogP contribution >= 0.6 is 0 Å². The van der Waals surface area contributed by atoms with E-state index in [1.54, 1.807) is 40.0 Å². The summed E-state index contributed by atoms with van der Waals surface area (Å²) in [5.41, 5.74) is 4.63. The van der Waals surface area contributed by atoms with E-state index in [1.807, 2.05) is 36.5 Å². The van der Waals surface area contributed by atoms with Crippen molar-refractivity contribution < 1.29 is 32.1 Å². The van der Waals surface area contributed by atoms with Gasteiger partial charge >= 0.3 is 0 Å². The zero-order chi connectivity index (χ0) is 40.0. The Morgan fingerprint density at radius 3 is 2.64 bits per heavy atom. The Hall–Kier alpha value is -5.94. The quantitative estimate of drug-likeness (QED) is 0.154. The van der Waals surface area contributed by atoms with E-state index < -0.39 is 22.0 Å². The summed E-state index contributed by atoms with van der Waals surface area (Å²) < 4.78 is 42.8. The number of ether oxygens (including phenoxy) is 1. The maximum absolute atomic E-state index is 13.6. The fourth-order valence-electron chi connectivity index (χ4n) is 8.77. The number of carbonyl (C=O) groups excluding carboxylic acids is 3. The smallest absolute Gasteiger partial charge is 0.263 e. The molecular formula is C41H45N9O7S. The van der Waals surface area contributed by atoms with E-state index in [0.29, 0.717) is 47.7 Å². The number of fused-ring (bicyclic) bond motifs is 2. The molecule has 4 aliphatic rings. The number of piperidine rings is 2. The van der Waals surface area contributed by atoms with E-state index in [0.717, 1.165) is 74.5 Å². The summed E-state index contributed by atoms with van der Waals surface area (Å²) in [6.07, 6.45) is 7.08. The molecule has 3 aromatic carbocycles. The second kappa shape index (κ2) is 15.4. The molecule has 0 radical (unpaired) electrons. The molecular weight excluding hydrogens is 763 g/mol. The van der Waals surface area contributed by atoms with E-state index >= 15 is 0 Å². The third-order valence-corrected chi connectivity index (χ3v) is 13.1. The van der Waals surface area contributed by atoms with Crippen molar-refractivity contribution >= 4 is 55.9 Å². The number of hydrogen-bond donors (Lipinski definition) is 3. The highest BCUT2D eigenvalue weighted by molar-refractivity contribution is 7.92. The lowest BCUT2D eigenvalue weighted by molar-refractivity contribution is -0.136. The molecule has 5 aromatic rings. The number of amides is 3. The number of hydrogen-bond acceptors (Lipinski definition) is 12. The summed E-state index contributed by atoms with van der Waals surface area (Å²) in [7, 11) is -2.50. The zero-order valence-electron chi connectivity index (χ0n) is 32.1. The van der Waals surface area contributed by atoms with Gasteiger partial charge in [-0.2, -0.15) is 5.10 Å². The van der Waals surface area contributed by atoms with Gasteiger partial charge < -0.3 is 29.3 Å². The lowest BCUT2D eigenvalue weighted by atomic mass is 10.0. The maximum atomic E-state index is 13.6. The van der Waals surface area contributed by atoms with E-state index in [1.165, 1.54) is 7.11 Å². The second-order valence-corrected chi connectivity index (χ2v) is 17.3. The molecule has 0 bridgehead atoms. The first-order chi connectivity index (χ1) is 28.1. The molecule has 2 aromatic heterocycles. The summed E-state index contributed by atoms with van der Waals surface area (Å²) in [5, 5.41) is 14.7. The molecule has 3 saturated heterocycles. The Labute approximate surface area is 335 Å². The number of likely N-dealkylation sites (tertiary alicyclic amines) is 1. The van der Waals surface area contributed by atoms with Crippen molar-refractivity contribution in [2.75, 3.05) is 54.8 Å². The first kappa shape index (κ1) is 37.6. The number of anilines is 3. The fourth-order valence-corrected chi connectivity index (χ4v) is 9.82. The first-order valence-corrected chi connectivity index (χ1v) is 21.2. The largest absolute Gasteiger partial charge is 0.496 e. The topological polar surface area (TPSA) is 184 Å². The first-order valence-electron chi connectivity index (χ1n) is 19.7. The van der Waals surface area contributed by atoms with Crippen molar-refractivity contribution in [3.8, 4) is 5.75 Å². The van der Waals surface area contributed by atoms with Crippen LogP contribution in [0.5, 0.6) is 5.75 Å². The van der Waals surface area contributed by atoms with Crippen molar-refractivity contribution in [2.45, 2.75) is 62.2 Å². The van der Waals surface area contributed by atoms with Crippen LogP contribution in [-0.2, 0) is 32.7 Å². The number of rotatable bonds is 12. The summed E-state index contributed by atoms with van der Waals surface area (Å²) in [6, 6.07) is 17.8. The highest BCUT2D eigenvalue weighted by atomic mass is 32.2. The Balaban J connectivity index is 0.770. The minimum atomic E-state index is -4.01. The molecule has 0 aliphatic carbocycles. The third kappa shape index (κ3) is 7.58. The molecule has 3 N–H and O–H groups in total. The van der Waals surface area contributed by atoms with Gasteiger partial charge in [-0.25, -0.2) is 8.42 Å². The summed E-state index contributed by atoms with van der Waals surface area (Å²) in [4.78, 5) is 43.9. The normalized spacial score (nSPS) is 20.5. The number of benzene rings is 3. The van der Waals surface area contributed by atoms with Gasteiger partial charge in [-0.1, -0.05) is 11.2 Å². The predicted molar refractivity (Wildman–Crippen MR) is 215 cm³/mol. The lowest BCUT2D eigenvalue weighted by Gasteiger charge is -2.34. The van der Waals surface area contributed by atoms with Crippen molar-refractivity contribution in [1.29, 1.82) is 0 Å². The van der Waals surface area contributed by atoms with Gasteiger partial charge in [0.25, 0.3) is 15.9 Å². The maximum Gasteiger partial charge on any atom is 0.263 e. The highest BCUT2D eigenvalue weighted by Gasteiger charge is 2.39. The van der Waals surface area contributed by atoms with Crippen molar-refractivity contribution in [1.82, 2.24) is 30.1 Å². The van der Waals surface area contributed by atoms with E-state index in [2.05, 4.69) is 41.5 Å². The molecule has 9 rings (SSSR count). The average molecular weight is 808 g/mol. The van der Waals surface area contributed by atoms with E-state index in [-0.39, 0.29) is 35.0 Å². The van der Waals surface area contributed by atoms with Crippen LogP contribution in [0.25, 0.3) is 11.0 Å². The van der Waals surface area contributed by atoms with E-state index in [9.17, 15) is 22.8 Å². The Morgan fingerprint density at radius 1 is 0.983 bits per heavy atom. The van der Waals surface area contributed by atoms with E-state index in [4.69, 9.17) is 9.26 Å². The number of carbonyl (C=O) groups is 3.